The Morgan fingerprint density at radius 1 is 1.15 bits per heavy atom. The van der Waals surface area contributed by atoms with Gasteiger partial charge in [-0.05, 0) is 34.9 Å². The van der Waals surface area contributed by atoms with E-state index >= 15 is 0 Å². The number of hydrogen-bond acceptors (Lipinski definition) is 5. The lowest BCUT2D eigenvalue weighted by atomic mass is 10.1. The Morgan fingerprint density at radius 2 is 2.15 bits per heavy atom. The van der Waals surface area contributed by atoms with Crippen LogP contribution in [0.3, 0.4) is 0 Å². The Morgan fingerprint density at radius 3 is 3.05 bits per heavy atom. The van der Waals surface area contributed by atoms with Gasteiger partial charge in [-0.2, -0.15) is 0 Å². The first-order valence-corrected chi connectivity index (χ1v) is 9.28. The van der Waals surface area contributed by atoms with Crippen LogP contribution >= 0.6 is 34.0 Å². The molecule has 4 heterocycles. The van der Waals surface area contributed by atoms with Crippen LogP contribution in [0.1, 0.15) is 16.1 Å². The Labute approximate surface area is 130 Å². The van der Waals surface area contributed by atoms with E-state index in [0.717, 1.165) is 24.6 Å². The molecule has 20 heavy (non-hydrogen) atoms. The fourth-order valence-corrected chi connectivity index (χ4v) is 5.15. The molecule has 0 unspecified atom stereocenters. The van der Waals surface area contributed by atoms with Gasteiger partial charge in [0.05, 0.1) is 10.6 Å². The fourth-order valence-electron chi connectivity index (χ4n) is 2.55. The lowest BCUT2D eigenvalue weighted by Crippen LogP contribution is -2.29. The Hall–Kier alpha value is -1.01. The summed E-state index contributed by atoms with van der Waals surface area (Å²) in [7, 11) is 0. The molecular formula is C15H14N2S3. The minimum Gasteiger partial charge on any atom is -0.292 e. The summed E-state index contributed by atoms with van der Waals surface area (Å²) < 4.78 is 0. The maximum atomic E-state index is 4.78. The second-order valence-electron chi connectivity index (χ2n) is 4.95. The predicted molar refractivity (Wildman–Crippen MR) is 87.6 cm³/mol. The molecule has 3 aromatic heterocycles. The van der Waals surface area contributed by atoms with Crippen molar-refractivity contribution < 1.29 is 0 Å². The van der Waals surface area contributed by atoms with E-state index in [0.29, 0.717) is 0 Å². The van der Waals surface area contributed by atoms with E-state index in [2.05, 4.69) is 39.2 Å². The zero-order chi connectivity index (χ0) is 13.4. The minimum absolute atomic E-state index is 0.971. The molecule has 102 valence electrons. The molecule has 0 atom stereocenters. The summed E-state index contributed by atoms with van der Waals surface area (Å²) in [5.41, 5.74) is 2.75. The Balaban J connectivity index is 1.48. The summed E-state index contributed by atoms with van der Waals surface area (Å²) in [4.78, 5) is 10.1. The number of thiophene rings is 2. The number of rotatable bonds is 3. The van der Waals surface area contributed by atoms with Gasteiger partial charge in [0.25, 0.3) is 0 Å². The van der Waals surface area contributed by atoms with Crippen LogP contribution in [0.2, 0.25) is 0 Å². The molecule has 4 rings (SSSR count). The SMILES string of the molecule is c1csc(-c2nc(CN3CCc4ccsc4C3)cs2)c1. The molecular weight excluding hydrogens is 304 g/mol. The molecule has 0 bridgehead atoms. The van der Waals surface area contributed by atoms with Crippen molar-refractivity contribution in [3.63, 3.8) is 0 Å². The van der Waals surface area contributed by atoms with Crippen LogP contribution in [0.25, 0.3) is 9.88 Å². The zero-order valence-electron chi connectivity index (χ0n) is 10.9. The van der Waals surface area contributed by atoms with Crippen LogP contribution in [-0.4, -0.2) is 16.4 Å². The molecule has 3 aromatic rings. The van der Waals surface area contributed by atoms with E-state index in [1.807, 2.05) is 11.3 Å². The van der Waals surface area contributed by atoms with E-state index in [1.165, 1.54) is 21.9 Å². The van der Waals surface area contributed by atoms with Gasteiger partial charge in [-0.25, -0.2) is 4.98 Å². The largest absolute Gasteiger partial charge is 0.292 e. The molecule has 0 N–H and O–H groups in total. The van der Waals surface area contributed by atoms with E-state index in [4.69, 9.17) is 4.98 Å². The van der Waals surface area contributed by atoms with Crippen molar-refractivity contribution in [2.24, 2.45) is 0 Å². The highest BCUT2D eigenvalue weighted by atomic mass is 32.1. The van der Waals surface area contributed by atoms with Gasteiger partial charge in [0.1, 0.15) is 5.01 Å². The molecule has 0 aliphatic carbocycles. The molecule has 0 saturated carbocycles. The molecule has 0 saturated heterocycles. The minimum atomic E-state index is 0.971. The summed E-state index contributed by atoms with van der Waals surface area (Å²) in [5, 5.41) is 7.69. The van der Waals surface area contributed by atoms with Gasteiger partial charge in [0.2, 0.25) is 0 Å². The molecule has 0 radical (unpaired) electrons. The fraction of sp³-hybridized carbons (Fsp3) is 0.267. The highest BCUT2D eigenvalue weighted by molar-refractivity contribution is 7.20. The first-order chi connectivity index (χ1) is 9.88. The summed E-state index contributed by atoms with van der Waals surface area (Å²) in [5.74, 6) is 0. The number of nitrogens with zero attached hydrogens (tertiary/aromatic N) is 2. The number of hydrogen-bond donors (Lipinski definition) is 0. The van der Waals surface area contributed by atoms with Crippen molar-refractivity contribution in [3.05, 3.63) is 50.5 Å². The van der Waals surface area contributed by atoms with Gasteiger partial charge in [-0.3, -0.25) is 4.90 Å². The van der Waals surface area contributed by atoms with Crippen LogP contribution in [0.4, 0.5) is 0 Å². The maximum absolute atomic E-state index is 4.78. The third-order valence-electron chi connectivity index (χ3n) is 3.57. The second-order valence-corrected chi connectivity index (χ2v) is 7.76. The molecule has 0 amide bonds. The van der Waals surface area contributed by atoms with Gasteiger partial charge >= 0.3 is 0 Å². The quantitative estimate of drug-likeness (QED) is 0.707. The highest BCUT2D eigenvalue weighted by Crippen LogP contribution is 2.29. The third kappa shape index (κ3) is 2.46. The third-order valence-corrected chi connectivity index (χ3v) is 6.45. The first-order valence-electron chi connectivity index (χ1n) is 6.64. The van der Waals surface area contributed by atoms with Crippen molar-refractivity contribution in [1.82, 2.24) is 9.88 Å². The standard InChI is InChI=1S/C15H14N2S3/c1-2-13(18-6-1)15-16-12(10-20-15)8-17-5-3-11-4-7-19-14(11)9-17/h1-2,4,6-7,10H,3,5,8-9H2. The smallest absolute Gasteiger partial charge is 0.133 e. The molecule has 0 aromatic carbocycles. The van der Waals surface area contributed by atoms with Gasteiger partial charge in [-0.15, -0.1) is 34.0 Å². The topological polar surface area (TPSA) is 16.1 Å². The van der Waals surface area contributed by atoms with Crippen molar-refractivity contribution in [2.75, 3.05) is 6.54 Å². The number of thiazole rings is 1. The maximum Gasteiger partial charge on any atom is 0.133 e. The molecule has 0 spiro atoms. The first kappa shape index (κ1) is 12.7. The lowest BCUT2D eigenvalue weighted by Gasteiger charge is -2.25. The average molecular weight is 318 g/mol. The van der Waals surface area contributed by atoms with E-state index in [-0.39, 0.29) is 0 Å². The monoisotopic (exact) mass is 318 g/mol. The van der Waals surface area contributed by atoms with Crippen LogP contribution in [0, 0.1) is 0 Å². The molecule has 1 aliphatic rings. The summed E-state index contributed by atoms with van der Waals surface area (Å²) >= 11 is 5.41. The molecule has 0 fully saturated rings. The van der Waals surface area contributed by atoms with Gasteiger partial charge in [-0.1, -0.05) is 6.07 Å². The predicted octanol–water partition coefficient (Wildman–Crippen LogP) is 4.49. The molecule has 2 nitrogen and oxygen atoms in total. The van der Waals surface area contributed by atoms with Crippen LogP contribution < -0.4 is 0 Å². The molecule has 1 aliphatic heterocycles. The summed E-state index contributed by atoms with van der Waals surface area (Å²) in [6.07, 6.45) is 1.18. The number of aromatic nitrogens is 1. The zero-order valence-corrected chi connectivity index (χ0v) is 13.4. The van der Waals surface area contributed by atoms with E-state index < -0.39 is 0 Å². The Kier molecular flexibility index (Phi) is 3.44. The van der Waals surface area contributed by atoms with Crippen molar-refractivity contribution >= 4 is 34.0 Å². The summed E-state index contributed by atoms with van der Waals surface area (Å²) in [6.45, 7) is 3.20. The summed E-state index contributed by atoms with van der Waals surface area (Å²) in [6, 6.07) is 6.51. The van der Waals surface area contributed by atoms with Crippen LogP contribution in [-0.2, 0) is 19.5 Å². The normalized spacial score (nSPS) is 15.4. The van der Waals surface area contributed by atoms with Gasteiger partial charge in [0, 0.05) is 29.9 Å². The van der Waals surface area contributed by atoms with Crippen LogP contribution in [0.5, 0.6) is 0 Å². The highest BCUT2D eigenvalue weighted by Gasteiger charge is 2.18. The number of fused-ring (bicyclic) bond motifs is 1. The van der Waals surface area contributed by atoms with Crippen molar-refractivity contribution in [2.45, 2.75) is 19.5 Å². The Bertz CT molecular complexity index is 696. The van der Waals surface area contributed by atoms with Gasteiger partial charge in [0.15, 0.2) is 0 Å². The van der Waals surface area contributed by atoms with E-state index in [9.17, 15) is 0 Å². The van der Waals surface area contributed by atoms with E-state index in [1.54, 1.807) is 28.2 Å². The van der Waals surface area contributed by atoms with Gasteiger partial charge < -0.3 is 0 Å². The van der Waals surface area contributed by atoms with Crippen molar-refractivity contribution in [1.29, 1.82) is 0 Å². The molecule has 5 heteroatoms. The lowest BCUT2D eigenvalue weighted by molar-refractivity contribution is 0.246. The van der Waals surface area contributed by atoms with Crippen LogP contribution in [0.15, 0.2) is 34.3 Å². The average Bonchev–Trinajstić information content (AvgIpc) is 3.19. The second kappa shape index (κ2) is 5.41. The van der Waals surface area contributed by atoms with Crippen molar-refractivity contribution in [3.8, 4) is 9.88 Å².